The molecular weight excluding hydrogens is 303 g/mol. The Kier molecular flexibility index (Phi) is 3.76. The molecule has 0 unspecified atom stereocenters. The largest absolute Gasteiger partial charge is 0.494 e. The van der Waals surface area contributed by atoms with Gasteiger partial charge in [-0.2, -0.15) is 0 Å². The van der Waals surface area contributed by atoms with Crippen molar-refractivity contribution < 1.29 is 22.9 Å². The topological polar surface area (TPSA) is 38.8 Å². The summed E-state index contributed by atoms with van der Waals surface area (Å²) in [6.45, 7) is 7.72. The van der Waals surface area contributed by atoms with Crippen LogP contribution in [0.15, 0.2) is 18.2 Å². The molecule has 0 aromatic heterocycles. The van der Waals surface area contributed by atoms with Gasteiger partial charge in [0.2, 0.25) is 0 Å². The lowest BCUT2D eigenvalue weighted by Gasteiger charge is -2.34. The number of rotatable bonds is 2. The Hall–Kier alpha value is -1.47. The fraction of sp³-hybridized carbons (Fsp3) is 0.562. The van der Waals surface area contributed by atoms with Crippen molar-refractivity contribution in [2.24, 2.45) is 0 Å². The number of carbonyl (C=O) groups is 1. The number of halogens is 2. The first-order chi connectivity index (χ1) is 10.6. The molecule has 2 aliphatic heterocycles. The molecule has 7 heteroatoms. The number of hydrogen-bond acceptors (Lipinski definition) is 3. The quantitative estimate of drug-likeness (QED) is 0.781. The van der Waals surface area contributed by atoms with E-state index in [2.05, 4.69) is 0 Å². The Bertz CT molecular complexity index is 628. The van der Waals surface area contributed by atoms with Gasteiger partial charge >= 0.3 is 7.12 Å². The van der Waals surface area contributed by atoms with Gasteiger partial charge in [-0.05, 0) is 51.4 Å². The van der Waals surface area contributed by atoms with Crippen LogP contribution in [0.2, 0.25) is 0 Å². The molecule has 0 spiro atoms. The Balaban J connectivity index is 1.86. The fourth-order valence-corrected chi connectivity index (χ4v) is 2.62. The summed E-state index contributed by atoms with van der Waals surface area (Å²) in [7, 11) is -0.743. The van der Waals surface area contributed by atoms with E-state index in [0.29, 0.717) is 5.46 Å². The summed E-state index contributed by atoms with van der Waals surface area (Å²) in [4.78, 5) is 13.6. The van der Waals surface area contributed by atoms with Crippen molar-refractivity contribution in [1.29, 1.82) is 0 Å². The molecule has 0 bridgehead atoms. The molecule has 0 saturated carbocycles. The monoisotopic (exact) mass is 323 g/mol. The van der Waals surface area contributed by atoms with Crippen LogP contribution in [0, 0.1) is 5.82 Å². The minimum atomic E-state index is -0.991. The molecular formula is C16H20BF2NO3. The molecule has 2 saturated heterocycles. The molecule has 0 N–H and O–H groups in total. The minimum Gasteiger partial charge on any atom is -0.399 e. The molecule has 2 heterocycles. The second kappa shape index (κ2) is 5.28. The van der Waals surface area contributed by atoms with Crippen LogP contribution in [0.1, 0.15) is 38.1 Å². The average molecular weight is 323 g/mol. The van der Waals surface area contributed by atoms with Gasteiger partial charge in [-0.15, -0.1) is 0 Å². The van der Waals surface area contributed by atoms with Crippen molar-refractivity contribution in [3.8, 4) is 0 Å². The van der Waals surface area contributed by atoms with Crippen LogP contribution in [-0.4, -0.2) is 48.4 Å². The van der Waals surface area contributed by atoms with Crippen LogP contribution < -0.4 is 5.46 Å². The molecule has 1 amide bonds. The number of hydrogen-bond donors (Lipinski definition) is 0. The van der Waals surface area contributed by atoms with Crippen LogP contribution in [0.5, 0.6) is 0 Å². The molecule has 2 aliphatic rings. The van der Waals surface area contributed by atoms with Crippen LogP contribution in [-0.2, 0) is 9.31 Å². The summed E-state index contributed by atoms with van der Waals surface area (Å²) in [5.41, 5.74) is -0.467. The Morgan fingerprint density at radius 2 is 1.74 bits per heavy atom. The second-order valence-electron chi connectivity index (χ2n) is 7.17. The number of benzene rings is 1. The summed E-state index contributed by atoms with van der Waals surface area (Å²) in [5.74, 6) is -0.922. The number of amides is 1. The lowest BCUT2D eigenvalue weighted by molar-refractivity contribution is 0.00578. The zero-order chi connectivity index (χ0) is 17.0. The van der Waals surface area contributed by atoms with Crippen LogP contribution in [0.25, 0.3) is 0 Å². The van der Waals surface area contributed by atoms with Gasteiger partial charge in [0, 0.05) is 5.56 Å². The summed E-state index contributed by atoms with van der Waals surface area (Å²) < 4.78 is 38.6. The minimum absolute atomic E-state index is 0.0567. The SMILES string of the molecule is CC1(C)OB(c2cc(F)cc(C(=O)N3CC(F)C3)c2)OC1(C)C. The van der Waals surface area contributed by atoms with Gasteiger partial charge in [0.15, 0.2) is 0 Å². The van der Waals surface area contributed by atoms with Crippen molar-refractivity contribution in [2.75, 3.05) is 13.1 Å². The molecule has 0 aliphatic carbocycles. The third-order valence-corrected chi connectivity index (χ3v) is 4.82. The van der Waals surface area contributed by atoms with Crippen molar-refractivity contribution in [3.63, 3.8) is 0 Å². The maximum absolute atomic E-state index is 13.9. The molecule has 124 valence electrons. The molecule has 4 nitrogen and oxygen atoms in total. The van der Waals surface area contributed by atoms with E-state index in [0.717, 1.165) is 6.07 Å². The lowest BCUT2D eigenvalue weighted by Crippen LogP contribution is -2.51. The first-order valence-corrected chi connectivity index (χ1v) is 7.68. The van der Waals surface area contributed by atoms with Gasteiger partial charge in [-0.3, -0.25) is 4.79 Å². The van der Waals surface area contributed by atoms with Crippen molar-refractivity contribution in [1.82, 2.24) is 4.90 Å². The highest BCUT2D eigenvalue weighted by Crippen LogP contribution is 2.36. The first kappa shape index (κ1) is 16.4. The van der Waals surface area contributed by atoms with Crippen LogP contribution in [0.4, 0.5) is 8.78 Å². The van der Waals surface area contributed by atoms with E-state index in [1.807, 2.05) is 27.7 Å². The summed E-state index contributed by atoms with van der Waals surface area (Å²) in [6, 6.07) is 4.01. The van der Waals surface area contributed by atoms with Crippen LogP contribution >= 0.6 is 0 Å². The molecule has 1 aromatic carbocycles. The molecule has 3 rings (SSSR count). The molecule has 2 fully saturated rings. The van der Waals surface area contributed by atoms with Crippen molar-refractivity contribution >= 4 is 18.5 Å². The maximum Gasteiger partial charge on any atom is 0.494 e. The van der Waals surface area contributed by atoms with Gasteiger partial charge < -0.3 is 14.2 Å². The Morgan fingerprint density at radius 1 is 1.17 bits per heavy atom. The molecule has 23 heavy (non-hydrogen) atoms. The second-order valence-corrected chi connectivity index (χ2v) is 7.17. The van der Waals surface area contributed by atoms with Crippen molar-refractivity contribution in [3.05, 3.63) is 29.6 Å². The zero-order valence-electron chi connectivity index (χ0n) is 13.7. The van der Waals surface area contributed by atoms with Gasteiger partial charge in [0.25, 0.3) is 5.91 Å². The highest BCUT2D eigenvalue weighted by atomic mass is 19.1. The predicted octanol–water partition coefficient (Wildman–Crippen LogP) is 1.92. The number of alkyl halides is 1. The van der Waals surface area contributed by atoms with E-state index in [1.54, 1.807) is 6.07 Å². The third-order valence-electron chi connectivity index (χ3n) is 4.82. The third kappa shape index (κ3) is 2.88. The molecule has 0 atom stereocenters. The Morgan fingerprint density at radius 3 is 2.26 bits per heavy atom. The smallest absolute Gasteiger partial charge is 0.399 e. The van der Waals surface area contributed by atoms with Gasteiger partial charge in [-0.25, -0.2) is 8.78 Å². The normalized spacial score (nSPS) is 23.0. The zero-order valence-corrected chi connectivity index (χ0v) is 13.7. The van der Waals surface area contributed by atoms with Crippen LogP contribution in [0.3, 0.4) is 0 Å². The molecule has 1 aromatic rings. The summed E-state index contributed by atoms with van der Waals surface area (Å²) >= 11 is 0. The number of nitrogens with zero attached hydrogens (tertiary/aromatic N) is 1. The standard InChI is InChI=1S/C16H20BF2NO3/c1-15(2)16(3,4)23-17(22-15)11-5-10(6-12(18)7-11)14(21)20-8-13(19)9-20/h5-7,13H,8-9H2,1-4H3. The highest BCUT2D eigenvalue weighted by Gasteiger charge is 2.52. The lowest BCUT2D eigenvalue weighted by atomic mass is 9.78. The number of carbonyl (C=O) groups excluding carboxylic acids is 1. The highest BCUT2D eigenvalue weighted by molar-refractivity contribution is 6.62. The summed E-state index contributed by atoms with van der Waals surface area (Å²) in [6.07, 6.45) is -0.991. The van der Waals surface area contributed by atoms with E-state index in [-0.39, 0.29) is 24.6 Å². The average Bonchev–Trinajstić information content (AvgIpc) is 2.62. The molecule has 0 radical (unpaired) electrons. The van der Waals surface area contributed by atoms with E-state index in [4.69, 9.17) is 9.31 Å². The summed E-state index contributed by atoms with van der Waals surface area (Å²) in [5, 5.41) is 0. The van der Waals surface area contributed by atoms with Gasteiger partial charge in [-0.1, -0.05) is 0 Å². The van der Waals surface area contributed by atoms with E-state index < -0.39 is 30.3 Å². The fourth-order valence-electron chi connectivity index (χ4n) is 2.62. The van der Waals surface area contributed by atoms with E-state index >= 15 is 0 Å². The predicted molar refractivity (Wildman–Crippen MR) is 82.9 cm³/mol. The van der Waals surface area contributed by atoms with E-state index in [1.165, 1.54) is 11.0 Å². The van der Waals surface area contributed by atoms with Gasteiger partial charge in [0.05, 0.1) is 24.3 Å². The Labute approximate surface area is 134 Å². The van der Waals surface area contributed by atoms with Gasteiger partial charge in [0.1, 0.15) is 12.0 Å². The van der Waals surface area contributed by atoms with Crippen molar-refractivity contribution in [2.45, 2.75) is 45.1 Å². The number of likely N-dealkylation sites (tertiary alicyclic amines) is 1. The maximum atomic E-state index is 13.9. The first-order valence-electron chi connectivity index (χ1n) is 7.68. The van der Waals surface area contributed by atoms with E-state index in [9.17, 15) is 13.6 Å².